The average Bonchev–Trinajstić information content (AvgIpc) is 3.16. The van der Waals surface area contributed by atoms with Crippen LogP contribution in [0.5, 0.6) is 0 Å². The quantitative estimate of drug-likeness (QED) is 0.532. The fourth-order valence-corrected chi connectivity index (χ4v) is 4.99. The molecule has 0 aliphatic carbocycles. The summed E-state index contributed by atoms with van der Waals surface area (Å²) in [6.07, 6.45) is 1.11. The third kappa shape index (κ3) is 6.46. The van der Waals surface area contributed by atoms with Gasteiger partial charge in [-0.15, -0.1) is 0 Å². The minimum Gasteiger partial charge on any atom is -0.376 e. The molecule has 0 aromatic heterocycles. The second-order valence-electron chi connectivity index (χ2n) is 7.57. The van der Waals surface area contributed by atoms with Crippen molar-refractivity contribution in [1.82, 2.24) is 15.1 Å². The Labute approximate surface area is 168 Å². The van der Waals surface area contributed by atoms with Crippen LogP contribution in [0, 0.1) is 5.92 Å². The SMILES string of the molecule is CN=C(NCCN1CCS(=O)(=O)CC1)N1CCC(COCc2ccccc2)C1. The van der Waals surface area contributed by atoms with Gasteiger partial charge >= 0.3 is 0 Å². The second kappa shape index (κ2) is 10.2. The predicted octanol–water partition coefficient (Wildman–Crippen LogP) is 0.831. The van der Waals surface area contributed by atoms with Gasteiger partial charge in [0.15, 0.2) is 15.8 Å². The van der Waals surface area contributed by atoms with E-state index in [1.807, 2.05) is 25.2 Å². The summed E-state index contributed by atoms with van der Waals surface area (Å²) in [6.45, 7) is 6.25. The number of aliphatic imine (C=N–C) groups is 1. The molecule has 3 rings (SSSR count). The Balaban J connectivity index is 1.34. The van der Waals surface area contributed by atoms with Gasteiger partial charge in [0.1, 0.15) is 0 Å². The zero-order valence-corrected chi connectivity index (χ0v) is 17.5. The summed E-state index contributed by atoms with van der Waals surface area (Å²) >= 11 is 0. The first kappa shape index (κ1) is 21.1. The molecule has 0 amide bonds. The highest BCUT2D eigenvalue weighted by Crippen LogP contribution is 2.17. The Kier molecular flexibility index (Phi) is 7.70. The monoisotopic (exact) mass is 408 g/mol. The molecule has 1 aromatic carbocycles. The van der Waals surface area contributed by atoms with Crippen molar-refractivity contribution in [3.63, 3.8) is 0 Å². The van der Waals surface area contributed by atoms with E-state index in [0.717, 1.165) is 45.2 Å². The summed E-state index contributed by atoms with van der Waals surface area (Å²) in [5.74, 6) is 2.00. The minimum absolute atomic E-state index is 0.276. The van der Waals surface area contributed by atoms with Crippen LogP contribution in [0.3, 0.4) is 0 Å². The predicted molar refractivity (Wildman–Crippen MR) is 112 cm³/mol. The van der Waals surface area contributed by atoms with Crippen LogP contribution in [0.2, 0.25) is 0 Å². The van der Waals surface area contributed by atoms with E-state index in [9.17, 15) is 8.42 Å². The van der Waals surface area contributed by atoms with Crippen molar-refractivity contribution in [2.45, 2.75) is 13.0 Å². The molecule has 0 saturated carbocycles. The molecule has 2 fully saturated rings. The molecule has 2 saturated heterocycles. The number of likely N-dealkylation sites (tertiary alicyclic amines) is 1. The maximum absolute atomic E-state index is 11.5. The van der Waals surface area contributed by atoms with Crippen molar-refractivity contribution in [2.24, 2.45) is 10.9 Å². The molecule has 1 atom stereocenters. The smallest absolute Gasteiger partial charge is 0.193 e. The van der Waals surface area contributed by atoms with E-state index < -0.39 is 9.84 Å². The summed E-state index contributed by atoms with van der Waals surface area (Å²) in [5, 5.41) is 3.43. The number of nitrogens with zero attached hydrogens (tertiary/aromatic N) is 3. The van der Waals surface area contributed by atoms with E-state index in [2.05, 4.69) is 32.2 Å². The summed E-state index contributed by atoms with van der Waals surface area (Å²) in [4.78, 5) is 8.90. The highest BCUT2D eigenvalue weighted by molar-refractivity contribution is 7.91. The molecule has 0 spiro atoms. The lowest BCUT2D eigenvalue weighted by atomic mass is 10.1. The van der Waals surface area contributed by atoms with E-state index in [1.165, 1.54) is 5.56 Å². The Morgan fingerprint density at radius 1 is 1.21 bits per heavy atom. The van der Waals surface area contributed by atoms with Gasteiger partial charge in [-0.25, -0.2) is 8.42 Å². The van der Waals surface area contributed by atoms with Gasteiger partial charge in [0.2, 0.25) is 0 Å². The van der Waals surface area contributed by atoms with Crippen LogP contribution in [0.1, 0.15) is 12.0 Å². The number of rotatable bonds is 7. The normalized spacial score (nSPS) is 23.1. The molecule has 1 unspecified atom stereocenters. The fourth-order valence-electron chi connectivity index (χ4n) is 3.71. The van der Waals surface area contributed by atoms with Crippen LogP contribution in [-0.2, 0) is 21.2 Å². The lowest BCUT2D eigenvalue weighted by Crippen LogP contribution is -2.46. The summed E-state index contributed by atoms with van der Waals surface area (Å²) in [7, 11) is -0.998. The Morgan fingerprint density at radius 2 is 1.96 bits per heavy atom. The molecular formula is C20H32N4O3S. The zero-order chi connectivity index (χ0) is 19.8. The molecule has 0 bridgehead atoms. The van der Waals surface area contributed by atoms with Crippen molar-refractivity contribution in [3.05, 3.63) is 35.9 Å². The van der Waals surface area contributed by atoms with Crippen LogP contribution in [0.25, 0.3) is 0 Å². The summed E-state index contributed by atoms with van der Waals surface area (Å²) < 4.78 is 28.9. The molecule has 2 aliphatic heterocycles. The van der Waals surface area contributed by atoms with Gasteiger partial charge in [0.05, 0.1) is 24.7 Å². The first-order chi connectivity index (χ1) is 13.6. The first-order valence-electron chi connectivity index (χ1n) is 10.1. The zero-order valence-electron chi connectivity index (χ0n) is 16.7. The summed E-state index contributed by atoms with van der Waals surface area (Å²) in [6, 6.07) is 10.3. The first-order valence-corrected chi connectivity index (χ1v) is 11.9. The number of sulfone groups is 1. The average molecular weight is 409 g/mol. The maximum atomic E-state index is 11.5. The van der Waals surface area contributed by atoms with E-state index in [4.69, 9.17) is 4.74 Å². The van der Waals surface area contributed by atoms with Crippen LogP contribution >= 0.6 is 0 Å². The van der Waals surface area contributed by atoms with Crippen LogP contribution in [0.4, 0.5) is 0 Å². The summed E-state index contributed by atoms with van der Waals surface area (Å²) in [5.41, 5.74) is 1.21. The van der Waals surface area contributed by atoms with Gasteiger partial charge in [-0.05, 0) is 12.0 Å². The lowest BCUT2D eigenvalue weighted by molar-refractivity contribution is 0.0906. The van der Waals surface area contributed by atoms with Gasteiger partial charge in [-0.2, -0.15) is 0 Å². The topological polar surface area (TPSA) is 74.2 Å². The van der Waals surface area contributed by atoms with Crippen LogP contribution in [-0.4, -0.2) is 88.6 Å². The van der Waals surface area contributed by atoms with Gasteiger partial charge in [-0.1, -0.05) is 30.3 Å². The molecule has 7 nitrogen and oxygen atoms in total. The fraction of sp³-hybridized carbons (Fsp3) is 0.650. The van der Waals surface area contributed by atoms with E-state index in [0.29, 0.717) is 25.6 Å². The van der Waals surface area contributed by atoms with Gasteiger partial charge in [0, 0.05) is 52.2 Å². The number of nitrogens with one attached hydrogen (secondary N) is 1. The molecule has 2 aliphatic rings. The van der Waals surface area contributed by atoms with Crippen LogP contribution < -0.4 is 5.32 Å². The highest BCUT2D eigenvalue weighted by Gasteiger charge is 2.25. The third-order valence-corrected chi connectivity index (χ3v) is 7.02. The molecule has 1 aromatic rings. The number of hydrogen-bond acceptors (Lipinski definition) is 5. The number of guanidine groups is 1. The largest absolute Gasteiger partial charge is 0.376 e. The second-order valence-corrected chi connectivity index (χ2v) is 9.87. The van der Waals surface area contributed by atoms with E-state index in [-0.39, 0.29) is 11.5 Å². The number of benzene rings is 1. The van der Waals surface area contributed by atoms with Crippen molar-refractivity contribution in [3.8, 4) is 0 Å². The van der Waals surface area contributed by atoms with E-state index >= 15 is 0 Å². The molecule has 0 radical (unpaired) electrons. The van der Waals surface area contributed by atoms with Gasteiger partial charge in [-0.3, -0.25) is 9.89 Å². The standard InChI is InChI=1S/C20H32N4O3S/c1-21-20(22-8-10-23-11-13-28(25,26)14-12-23)24-9-7-19(15-24)17-27-16-18-5-3-2-4-6-18/h2-6,19H,7-17H2,1H3,(H,21,22). The number of hydrogen-bond donors (Lipinski definition) is 1. The maximum Gasteiger partial charge on any atom is 0.193 e. The third-order valence-electron chi connectivity index (χ3n) is 5.41. The van der Waals surface area contributed by atoms with Gasteiger partial charge in [0.25, 0.3) is 0 Å². The van der Waals surface area contributed by atoms with Gasteiger partial charge < -0.3 is 15.0 Å². The minimum atomic E-state index is -2.81. The Morgan fingerprint density at radius 3 is 2.68 bits per heavy atom. The number of ether oxygens (including phenoxy) is 1. The molecule has 1 N–H and O–H groups in total. The Bertz CT molecular complexity index is 725. The van der Waals surface area contributed by atoms with Crippen LogP contribution in [0.15, 0.2) is 35.3 Å². The molecule has 156 valence electrons. The lowest BCUT2D eigenvalue weighted by Gasteiger charge is -2.28. The van der Waals surface area contributed by atoms with Crippen molar-refractivity contribution < 1.29 is 13.2 Å². The van der Waals surface area contributed by atoms with Crippen molar-refractivity contribution in [2.75, 3.05) is 64.4 Å². The Hall–Kier alpha value is -1.64. The van der Waals surface area contributed by atoms with Crippen molar-refractivity contribution >= 4 is 15.8 Å². The van der Waals surface area contributed by atoms with Crippen molar-refractivity contribution in [1.29, 1.82) is 0 Å². The molecule has 28 heavy (non-hydrogen) atoms. The molecular weight excluding hydrogens is 376 g/mol. The van der Waals surface area contributed by atoms with E-state index in [1.54, 1.807) is 0 Å². The molecule has 2 heterocycles. The molecule has 8 heteroatoms. The highest BCUT2D eigenvalue weighted by atomic mass is 32.2.